The Morgan fingerprint density at radius 3 is 2.50 bits per heavy atom. The van der Waals surface area contributed by atoms with E-state index in [2.05, 4.69) is 15.9 Å². The molecule has 10 heavy (non-hydrogen) atoms. The summed E-state index contributed by atoms with van der Waals surface area (Å²) in [5.74, 6) is 0.833. The van der Waals surface area contributed by atoms with Gasteiger partial charge in [-0.05, 0) is 31.1 Å². The molecular weight excluding hydrogens is 192 g/mol. The molecule has 56 valence electrons. The van der Waals surface area contributed by atoms with Crippen LogP contribution in [0.4, 0.5) is 0 Å². The van der Waals surface area contributed by atoms with Gasteiger partial charge in [0.15, 0.2) is 0 Å². The number of rotatable bonds is 2. The number of Topliss-reactive ketones (excluding diaryl/α,β-unsaturated/α-hetero) is 1. The molecule has 0 aromatic carbocycles. The summed E-state index contributed by atoms with van der Waals surface area (Å²) in [6.07, 6.45) is 5.16. The molecule has 1 nitrogen and oxygen atoms in total. The highest BCUT2D eigenvalue weighted by atomic mass is 79.9. The second kappa shape index (κ2) is 2.07. The highest BCUT2D eigenvalue weighted by molar-refractivity contribution is 9.09. The minimum absolute atomic E-state index is 0.414. The third kappa shape index (κ3) is 0.931. The van der Waals surface area contributed by atoms with Crippen LogP contribution in [0.25, 0.3) is 0 Å². The predicted molar refractivity (Wildman–Crippen MR) is 43.2 cm³/mol. The summed E-state index contributed by atoms with van der Waals surface area (Å²) in [5.41, 5.74) is 0.683. The number of carbonyl (C=O) groups excluding carboxylic acids is 1. The van der Waals surface area contributed by atoms with Gasteiger partial charge in [-0.15, -0.1) is 0 Å². The largest absolute Gasteiger partial charge is 0.298 e. The fourth-order valence-corrected chi connectivity index (χ4v) is 2.37. The van der Waals surface area contributed by atoms with Crippen LogP contribution in [0.3, 0.4) is 0 Å². The van der Waals surface area contributed by atoms with Crippen molar-refractivity contribution >= 4 is 21.7 Å². The van der Waals surface area contributed by atoms with Crippen LogP contribution in [0.5, 0.6) is 0 Å². The van der Waals surface area contributed by atoms with Gasteiger partial charge < -0.3 is 0 Å². The fraction of sp³-hybridized carbons (Fsp3) is 0.875. The van der Waals surface area contributed by atoms with Crippen molar-refractivity contribution in [3.05, 3.63) is 0 Å². The molecule has 0 N–H and O–H groups in total. The Kier molecular flexibility index (Phi) is 1.41. The number of halogens is 1. The lowest BCUT2D eigenvalue weighted by molar-refractivity contribution is -0.124. The van der Waals surface area contributed by atoms with Crippen molar-refractivity contribution in [2.24, 2.45) is 11.3 Å². The monoisotopic (exact) mass is 202 g/mol. The summed E-state index contributed by atoms with van der Waals surface area (Å²) >= 11 is 3.20. The Bertz CT molecular complexity index is 164. The molecule has 2 heteroatoms. The van der Waals surface area contributed by atoms with Gasteiger partial charge in [0.1, 0.15) is 5.78 Å². The second-order valence-corrected chi connectivity index (χ2v) is 4.27. The summed E-state index contributed by atoms with van der Waals surface area (Å²) in [5, 5.41) is 0.563. The van der Waals surface area contributed by atoms with Gasteiger partial charge in [-0.1, -0.05) is 15.9 Å². The Morgan fingerprint density at radius 1 is 1.50 bits per heavy atom. The SMILES string of the molecule is O=C(CBr)C1CC2(CC2)C1. The molecule has 0 atom stereocenters. The number of hydrogen-bond acceptors (Lipinski definition) is 1. The van der Waals surface area contributed by atoms with Crippen LogP contribution in [0.15, 0.2) is 0 Å². The molecule has 0 aromatic rings. The van der Waals surface area contributed by atoms with Crippen LogP contribution in [0.2, 0.25) is 0 Å². The molecule has 0 heterocycles. The summed E-state index contributed by atoms with van der Waals surface area (Å²) in [7, 11) is 0. The summed E-state index contributed by atoms with van der Waals surface area (Å²) in [6, 6.07) is 0. The van der Waals surface area contributed by atoms with E-state index in [1.807, 2.05) is 0 Å². The highest BCUT2D eigenvalue weighted by Gasteiger charge is 2.54. The minimum Gasteiger partial charge on any atom is -0.298 e. The lowest BCUT2D eigenvalue weighted by Gasteiger charge is -2.34. The topological polar surface area (TPSA) is 17.1 Å². The molecule has 0 bridgehead atoms. The smallest absolute Gasteiger partial charge is 0.146 e. The zero-order valence-electron chi connectivity index (χ0n) is 5.90. The number of alkyl halides is 1. The number of hydrogen-bond donors (Lipinski definition) is 0. The molecule has 1 spiro atoms. The quantitative estimate of drug-likeness (QED) is 0.628. The first kappa shape index (κ1) is 6.84. The van der Waals surface area contributed by atoms with Gasteiger partial charge in [0.2, 0.25) is 0 Å². The number of carbonyl (C=O) groups is 1. The Balaban J connectivity index is 1.84. The average molecular weight is 203 g/mol. The van der Waals surface area contributed by atoms with E-state index in [0.717, 1.165) is 0 Å². The van der Waals surface area contributed by atoms with Gasteiger partial charge in [-0.3, -0.25) is 4.79 Å². The van der Waals surface area contributed by atoms with Gasteiger partial charge in [0.25, 0.3) is 0 Å². The van der Waals surface area contributed by atoms with Gasteiger partial charge in [0.05, 0.1) is 5.33 Å². The van der Waals surface area contributed by atoms with E-state index in [4.69, 9.17) is 0 Å². The van der Waals surface area contributed by atoms with Gasteiger partial charge in [0, 0.05) is 5.92 Å². The van der Waals surface area contributed by atoms with Crippen molar-refractivity contribution in [2.45, 2.75) is 25.7 Å². The van der Waals surface area contributed by atoms with E-state index in [1.165, 1.54) is 25.7 Å². The molecule has 2 rings (SSSR count). The van der Waals surface area contributed by atoms with Gasteiger partial charge >= 0.3 is 0 Å². The first-order valence-electron chi connectivity index (χ1n) is 3.84. The van der Waals surface area contributed by atoms with Gasteiger partial charge in [-0.25, -0.2) is 0 Å². The fourth-order valence-electron chi connectivity index (χ4n) is 1.91. The normalized spacial score (nSPS) is 28.1. The Labute approximate surface area is 69.3 Å². The highest BCUT2D eigenvalue weighted by Crippen LogP contribution is 2.63. The zero-order valence-corrected chi connectivity index (χ0v) is 7.49. The molecule has 0 amide bonds. The first-order chi connectivity index (χ1) is 4.76. The molecule has 0 saturated heterocycles. The zero-order chi connectivity index (χ0) is 7.19. The van der Waals surface area contributed by atoms with Crippen molar-refractivity contribution < 1.29 is 4.79 Å². The molecule has 2 fully saturated rings. The molecule has 0 aromatic heterocycles. The third-order valence-corrected chi connectivity index (χ3v) is 3.46. The minimum atomic E-state index is 0.414. The molecular formula is C8H11BrO. The molecule has 0 radical (unpaired) electrons. The molecule has 0 aliphatic heterocycles. The summed E-state index contributed by atoms with van der Waals surface area (Å²) in [6.45, 7) is 0. The van der Waals surface area contributed by atoms with Crippen LogP contribution < -0.4 is 0 Å². The van der Waals surface area contributed by atoms with E-state index >= 15 is 0 Å². The maximum atomic E-state index is 11.1. The van der Waals surface area contributed by atoms with Crippen molar-refractivity contribution in [2.75, 3.05) is 5.33 Å². The average Bonchev–Trinajstić information content (AvgIpc) is 2.61. The van der Waals surface area contributed by atoms with Crippen molar-refractivity contribution in [3.8, 4) is 0 Å². The standard InChI is InChI=1S/C8H11BrO/c9-5-7(10)6-3-8(4-6)1-2-8/h6H,1-5H2. The maximum Gasteiger partial charge on any atom is 0.146 e. The lowest BCUT2D eigenvalue weighted by Crippen LogP contribution is -2.32. The third-order valence-electron chi connectivity index (χ3n) is 2.90. The Hall–Kier alpha value is 0.150. The van der Waals surface area contributed by atoms with E-state index in [0.29, 0.717) is 22.4 Å². The molecule has 0 unspecified atom stereocenters. The van der Waals surface area contributed by atoms with Crippen LogP contribution in [0, 0.1) is 11.3 Å². The first-order valence-corrected chi connectivity index (χ1v) is 4.97. The van der Waals surface area contributed by atoms with Crippen LogP contribution >= 0.6 is 15.9 Å². The maximum absolute atomic E-state index is 11.1. The van der Waals surface area contributed by atoms with E-state index in [9.17, 15) is 4.79 Å². The molecule has 2 aliphatic rings. The van der Waals surface area contributed by atoms with Crippen LogP contribution in [0.1, 0.15) is 25.7 Å². The van der Waals surface area contributed by atoms with Crippen molar-refractivity contribution in [1.82, 2.24) is 0 Å². The van der Waals surface area contributed by atoms with Gasteiger partial charge in [-0.2, -0.15) is 0 Å². The van der Waals surface area contributed by atoms with Crippen LogP contribution in [-0.4, -0.2) is 11.1 Å². The lowest BCUT2D eigenvalue weighted by atomic mass is 9.70. The molecule has 2 saturated carbocycles. The summed E-state index contributed by atoms with van der Waals surface area (Å²) < 4.78 is 0. The number of ketones is 1. The predicted octanol–water partition coefficient (Wildman–Crippen LogP) is 2.14. The van der Waals surface area contributed by atoms with E-state index in [1.54, 1.807) is 0 Å². The van der Waals surface area contributed by atoms with E-state index < -0.39 is 0 Å². The van der Waals surface area contributed by atoms with Crippen molar-refractivity contribution in [1.29, 1.82) is 0 Å². The van der Waals surface area contributed by atoms with Crippen molar-refractivity contribution in [3.63, 3.8) is 0 Å². The van der Waals surface area contributed by atoms with Crippen LogP contribution in [-0.2, 0) is 4.79 Å². The Morgan fingerprint density at radius 2 is 2.10 bits per heavy atom. The summed E-state index contributed by atoms with van der Waals surface area (Å²) in [4.78, 5) is 11.1. The molecule has 2 aliphatic carbocycles. The second-order valence-electron chi connectivity index (χ2n) is 3.71. The van der Waals surface area contributed by atoms with E-state index in [-0.39, 0.29) is 0 Å².